The standard InChI is InChI=1S/C23H30Cl2N2O3/c1-23(2,3)30-22(29)26-10-9-16(13-26)27(17-11-14-7-8-15(14)12-17)21(28)18-5-4-6-19(24)20(18)25/h4-6,14-17H,7-13H2,1-3H3/t14-,15+,16-,17+/m0/s1. The highest BCUT2D eigenvalue weighted by Crippen LogP contribution is 2.49. The third-order valence-corrected chi connectivity index (χ3v) is 7.56. The summed E-state index contributed by atoms with van der Waals surface area (Å²) in [6.45, 7) is 6.67. The number of carbonyl (C=O) groups is 2. The van der Waals surface area contributed by atoms with Crippen LogP contribution >= 0.6 is 23.2 Å². The van der Waals surface area contributed by atoms with Gasteiger partial charge in [0, 0.05) is 19.1 Å². The molecule has 7 heteroatoms. The number of halogens is 2. The molecule has 1 aromatic carbocycles. The zero-order chi connectivity index (χ0) is 21.6. The zero-order valence-corrected chi connectivity index (χ0v) is 19.4. The lowest BCUT2D eigenvalue weighted by Crippen LogP contribution is -2.48. The minimum Gasteiger partial charge on any atom is -0.444 e. The lowest BCUT2D eigenvalue weighted by Gasteiger charge is -2.35. The number of carbonyl (C=O) groups excluding carboxylic acids is 2. The molecular formula is C23H30Cl2N2O3. The van der Waals surface area contributed by atoms with Gasteiger partial charge in [0.2, 0.25) is 0 Å². The van der Waals surface area contributed by atoms with E-state index in [2.05, 4.69) is 0 Å². The Morgan fingerprint density at radius 2 is 1.73 bits per heavy atom. The molecule has 4 rings (SSSR count). The first kappa shape index (κ1) is 21.8. The molecule has 30 heavy (non-hydrogen) atoms. The van der Waals surface area contributed by atoms with Gasteiger partial charge in [-0.15, -0.1) is 0 Å². The van der Waals surface area contributed by atoms with Crippen LogP contribution in [0.1, 0.15) is 63.2 Å². The summed E-state index contributed by atoms with van der Waals surface area (Å²) in [5.74, 6) is 1.37. The Labute approximate surface area is 188 Å². The van der Waals surface area contributed by atoms with Crippen LogP contribution in [0, 0.1) is 11.8 Å². The topological polar surface area (TPSA) is 49.9 Å². The number of ether oxygens (including phenoxy) is 1. The van der Waals surface area contributed by atoms with E-state index in [4.69, 9.17) is 27.9 Å². The minimum absolute atomic E-state index is 0.0393. The van der Waals surface area contributed by atoms with Gasteiger partial charge in [0.05, 0.1) is 21.7 Å². The molecule has 3 aliphatic rings. The maximum absolute atomic E-state index is 13.7. The number of fused-ring (bicyclic) bond motifs is 1. The van der Waals surface area contributed by atoms with Crippen LogP contribution in [0.2, 0.25) is 10.0 Å². The van der Waals surface area contributed by atoms with Crippen LogP contribution in [-0.2, 0) is 4.74 Å². The molecule has 5 nitrogen and oxygen atoms in total. The average molecular weight is 453 g/mol. The Hall–Kier alpha value is -1.46. The summed E-state index contributed by atoms with van der Waals surface area (Å²) in [5, 5.41) is 0.688. The molecule has 0 radical (unpaired) electrons. The van der Waals surface area contributed by atoms with Crippen molar-refractivity contribution in [1.29, 1.82) is 0 Å². The Bertz CT molecular complexity index is 826. The molecule has 2 aliphatic carbocycles. The largest absolute Gasteiger partial charge is 0.444 e. The van der Waals surface area contributed by atoms with Gasteiger partial charge >= 0.3 is 6.09 Å². The van der Waals surface area contributed by atoms with Crippen LogP contribution in [0.3, 0.4) is 0 Å². The summed E-state index contributed by atoms with van der Waals surface area (Å²) in [5.41, 5.74) is -0.0944. The Morgan fingerprint density at radius 3 is 2.33 bits per heavy atom. The van der Waals surface area contributed by atoms with Crippen LogP contribution in [0.5, 0.6) is 0 Å². The Balaban J connectivity index is 1.56. The van der Waals surface area contributed by atoms with Crippen molar-refractivity contribution in [1.82, 2.24) is 9.80 Å². The number of hydrogen-bond acceptors (Lipinski definition) is 3. The van der Waals surface area contributed by atoms with E-state index in [9.17, 15) is 9.59 Å². The van der Waals surface area contributed by atoms with Crippen LogP contribution in [0.15, 0.2) is 18.2 Å². The van der Waals surface area contributed by atoms with Crippen molar-refractivity contribution >= 4 is 35.2 Å². The van der Waals surface area contributed by atoms with Crippen LogP contribution in [-0.4, -0.2) is 52.6 Å². The van der Waals surface area contributed by atoms with Gasteiger partial charge < -0.3 is 14.5 Å². The first-order chi connectivity index (χ1) is 14.1. The zero-order valence-electron chi connectivity index (χ0n) is 17.9. The van der Waals surface area contributed by atoms with Crippen molar-refractivity contribution in [3.63, 3.8) is 0 Å². The van der Waals surface area contributed by atoms with Crippen LogP contribution in [0.25, 0.3) is 0 Å². The monoisotopic (exact) mass is 452 g/mol. The van der Waals surface area contributed by atoms with Crippen molar-refractivity contribution in [3.8, 4) is 0 Å². The quantitative estimate of drug-likeness (QED) is 0.596. The van der Waals surface area contributed by atoms with Crippen molar-refractivity contribution < 1.29 is 14.3 Å². The van der Waals surface area contributed by atoms with Crippen LogP contribution in [0.4, 0.5) is 4.79 Å². The number of likely N-dealkylation sites (tertiary alicyclic amines) is 1. The maximum Gasteiger partial charge on any atom is 0.410 e. The van der Waals surface area contributed by atoms with E-state index in [0.717, 1.165) is 31.1 Å². The summed E-state index contributed by atoms with van der Waals surface area (Å²) >= 11 is 12.6. The van der Waals surface area contributed by atoms with Gasteiger partial charge in [-0.05, 0) is 76.8 Å². The first-order valence-corrected chi connectivity index (χ1v) is 11.6. The van der Waals surface area contributed by atoms with Gasteiger partial charge in [-0.2, -0.15) is 0 Å². The smallest absolute Gasteiger partial charge is 0.410 e. The van der Waals surface area contributed by atoms with Crippen molar-refractivity contribution in [3.05, 3.63) is 33.8 Å². The third-order valence-electron chi connectivity index (χ3n) is 6.74. The van der Waals surface area contributed by atoms with Gasteiger partial charge in [-0.1, -0.05) is 29.3 Å². The maximum atomic E-state index is 13.7. The molecule has 1 heterocycles. The molecule has 3 fully saturated rings. The van der Waals surface area contributed by atoms with E-state index >= 15 is 0 Å². The van der Waals surface area contributed by atoms with E-state index < -0.39 is 5.60 Å². The van der Waals surface area contributed by atoms with E-state index in [1.807, 2.05) is 25.7 Å². The Kier molecular flexibility index (Phi) is 5.97. The molecular weight excluding hydrogens is 423 g/mol. The van der Waals surface area contributed by atoms with E-state index in [1.165, 1.54) is 12.8 Å². The second kappa shape index (κ2) is 8.23. The second-order valence-corrected chi connectivity index (χ2v) is 10.7. The van der Waals surface area contributed by atoms with Crippen molar-refractivity contribution in [2.45, 2.75) is 70.6 Å². The van der Waals surface area contributed by atoms with Crippen LogP contribution < -0.4 is 0 Å². The first-order valence-electron chi connectivity index (χ1n) is 10.9. The van der Waals surface area contributed by atoms with Gasteiger partial charge in [0.1, 0.15) is 5.60 Å². The highest BCUT2D eigenvalue weighted by atomic mass is 35.5. The summed E-state index contributed by atoms with van der Waals surface area (Å²) in [7, 11) is 0. The fourth-order valence-electron chi connectivity index (χ4n) is 5.18. The molecule has 1 aliphatic heterocycles. The summed E-state index contributed by atoms with van der Waals surface area (Å²) in [4.78, 5) is 30.0. The molecule has 0 bridgehead atoms. The number of benzene rings is 1. The molecule has 0 unspecified atom stereocenters. The minimum atomic E-state index is -0.538. The fourth-order valence-corrected chi connectivity index (χ4v) is 5.56. The average Bonchev–Trinajstić information content (AvgIpc) is 3.23. The van der Waals surface area contributed by atoms with Gasteiger partial charge in [0.25, 0.3) is 5.91 Å². The molecule has 1 saturated heterocycles. The predicted molar refractivity (Wildman–Crippen MR) is 118 cm³/mol. The van der Waals surface area contributed by atoms with Crippen molar-refractivity contribution in [2.24, 2.45) is 11.8 Å². The lowest BCUT2D eigenvalue weighted by molar-refractivity contribution is 0.0264. The number of nitrogens with zero attached hydrogens (tertiary/aromatic N) is 2. The Morgan fingerprint density at radius 1 is 1.07 bits per heavy atom. The molecule has 1 aromatic rings. The molecule has 0 spiro atoms. The molecule has 4 atom stereocenters. The number of hydrogen-bond donors (Lipinski definition) is 0. The number of amides is 2. The molecule has 2 amide bonds. The predicted octanol–water partition coefficient (Wildman–Crippen LogP) is 5.63. The number of rotatable bonds is 3. The summed E-state index contributed by atoms with van der Waals surface area (Å²) in [6.07, 6.45) is 5.03. The van der Waals surface area contributed by atoms with E-state index in [-0.39, 0.29) is 24.1 Å². The van der Waals surface area contributed by atoms with Gasteiger partial charge in [-0.3, -0.25) is 4.79 Å². The highest BCUT2D eigenvalue weighted by molar-refractivity contribution is 6.43. The van der Waals surface area contributed by atoms with Crippen molar-refractivity contribution in [2.75, 3.05) is 13.1 Å². The van der Waals surface area contributed by atoms with E-state index in [1.54, 1.807) is 23.1 Å². The highest BCUT2D eigenvalue weighted by Gasteiger charge is 2.47. The SMILES string of the molecule is CC(C)(C)OC(=O)N1CC[C@H](N(C(=O)c2cccc(Cl)c2Cl)[C@H]2C[C@H]3CC[C@H]3C2)C1. The molecule has 164 valence electrons. The van der Waals surface area contributed by atoms with Gasteiger partial charge in [0.15, 0.2) is 0 Å². The second-order valence-electron chi connectivity index (χ2n) is 9.91. The summed E-state index contributed by atoms with van der Waals surface area (Å²) in [6, 6.07) is 5.35. The lowest BCUT2D eigenvalue weighted by atomic mass is 9.77. The summed E-state index contributed by atoms with van der Waals surface area (Å²) < 4.78 is 5.54. The molecule has 0 N–H and O–H groups in total. The van der Waals surface area contributed by atoms with Gasteiger partial charge in [-0.25, -0.2) is 4.79 Å². The van der Waals surface area contributed by atoms with E-state index in [0.29, 0.717) is 28.7 Å². The fraction of sp³-hybridized carbons (Fsp3) is 0.652. The third kappa shape index (κ3) is 4.29. The molecule has 0 aromatic heterocycles. The molecule has 2 saturated carbocycles. The normalized spacial score (nSPS) is 28.1.